The lowest BCUT2D eigenvalue weighted by atomic mass is 10.0. The molecular formula is C21H29Cl2NO. The highest BCUT2D eigenvalue weighted by molar-refractivity contribution is 6.18. The SMILES string of the molecule is Cc1ccc(C(C)C)c(OC(C)N(CCCl)Cc2ccccc2)c1.Cl. The number of nitrogens with zero attached hydrogens (tertiary/aromatic N) is 1. The molecule has 0 fully saturated rings. The molecule has 0 spiro atoms. The van der Waals surface area contributed by atoms with Crippen molar-refractivity contribution in [3.8, 4) is 5.75 Å². The molecule has 0 aliphatic rings. The summed E-state index contributed by atoms with van der Waals surface area (Å²) in [5, 5.41) is 0. The molecule has 0 saturated heterocycles. The van der Waals surface area contributed by atoms with Crippen LogP contribution in [-0.2, 0) is 6.54 Å². The number of halogens is 2. The number of aryl methyl sites for hydroxylation is 1. The second-order valence-corrected chi connectivity index (χ2v) is 6.94. The van der Waals surface area contributed by atoms with Gasteiger partial charge in [0.2, 0.25) is 0 Å². The van der Waals surface area contributed by atoms with E-state index in [-0.39, 0.29) is 18.6 Å². The molecule has 0 bridgehead atoms. The van der Waals surface area contributed by atoms with Gasteiger partial charge in [0, 0.05) is 19.0 Å². The standard InChI is InChI=1S/C21H28ClNO.ClH/c1-16(2)20-11-10-17(3)14-21(20)24-18(4)23(13-12-22)15-19-8-6-5-7-9-19;/h5-11,14,16,18H,12-13,15H2,1-4H3;1H. The Labute approximate surface area is 163 Å². The molecular weight excluding hydrogens is 353 g/mol. The fourth-order valence-electron chi connectivity index (χ4n) is 2.79. The van der Waals surface area contributed by atoms with Crippen molar-refractivity contribution in [1.29, 1.82) is 0 Å². The van der Waals surface area contributed by atoms with Gasteiger partial charge in [0.15, 0.2) is 0 Å². The van der Waals surface area contributed by atoms with Crippen LogP contribution in [-0.4, -0.2) is 23.6 Å². The highest BCUT2D eigenvalue weighted by Gasteiger charge is 2.18. The minimum atomic E-state index is -0.0387. The average Bonchev–Trinajstić information content (AvgIpc) is 2.55. The summed E-state index contributed by atoms with van der Waals surface area (Å²) < 4.78 is 6.34. The third-order valence-corrected chi connectivity index (χ3v) is 4.37. The van der Waals surface area contributed by atoms with Gasteiger partial charge in [-0.05, 0) is 42.5 Å². The minimum absolute atomic E-state index is 0. The largest absolute Gasteiger partial charge is 0.475 e. The molecule has 0 saturated carbocycles. The van der Waals surface area contributed by atoms with Crippen molar-refractivity contribution in [2.75, 3.05) is 12.4 Å². The molecule has 0 N–H and O–H groups in total. The summed E-state index contributed by atoms with van der Waals surface area (Å²) in [5.41, 5.74) is 3.73. The normalized spacial score (nSPS) is 12.1. The van der Waals surface area contributed by atoms with Gasteiger partial charge in [-0.15, -0.1) is 24.0 Å². The molecule has 0 aliphatic carbocycles. The maximum Gasteiger partial charge on any atom is 0.150 e. The lowest BCUT2D eigenvalue weighted by Crippen LogP contribution is -2.38. The maximum atomic E-state index is 6.34. The van der Waals surface area contributed by atoms with Crippen LogP contribution in [0.15, 0.2) is 48.5 Å². The van der Waals surface area contributed by atoms with Crippen LogP contribution in [0.1, 0.15) is 43.4 Å². The first-order valence-electron chi connectivity index (χ1n) is 8.62. The molecule has 1 atom stereocenters. The molecule has 1 unspecified atom stereocenters. The Morgan fingerprint density at radius 1 is 1.04 bits per heavy atom. The topological polar surface area (TPSA) is 12.5 Å². The summed E-state index contributed by atoms with van der Waals surface area (Å²) in [5.74, 6) is 2.00. The van der Waals surface area contributed by atoms with Crippen molar-refractivity contribution < 1.29 is 4.74 Å². The van der Waals surface area contributed by atoms with Crippen LogP contribution in [0, 0.1) is 6.92 Å². The summed E-state index contributed by atoms with van der Waals surface area (Å²) in [6, 6.07) is 16.9. The van der Waals surface area contributed by atoms with Gasteiger partial charge in [0.1, 0.15) is 12.0 Å². The Morgan fingerprint density at radius 3 is 2.32 bits per heavy atom. The number of alkyl halides is 1. The average molecular weight is 382 g/mol. The number of hydrogen-bond acceptors (Lipinski definition) is 2. The number of rotatable bonds is 8. The predicted octanol–water partition coefficient (Wildman–Crippen LogP) is 6.01. The van der Waals surface area contributed by atoms with Crippen molar-refractivity contribution in [3.63, 3.8) is 0 Å². The molecule has 2 nitrogen and oxygen atoms in total. The Balaban J connectivity index is 0.00000312. The van der Waals surface area contributed by atoms with E-state index in [4.69, 9.17) is 16.3 Å². The van der Waals surface area contributed by atoms with E-state index in [0.29, 0.717) is 11.8 Å². The summed E-state index contributed by atoms with van der Waals surface area (Å²) in [6.45, 7) is 10.2. The number of benzene rings is 2. The first kappa shape index (κ1) is 21.8. The zero-order chi connectivity index (χ0) is 17.5. The van der Waals surface area contributed by atoms with Gasteiger partial charge in [-0.25, -0.2) is 0 Å². The summed E-state index contributed by atoms with van der Waals surface area (Å²) >= 11 is 6.02. The Morgan fingerprint density at radius 2 is 1.72 bits per heavy atom. The van der Waals surface area contributed by atoms with Gasteiger partial charge in [0.05, 0.1) is 0 Å². The predicted molar refractivity (Wildman–Crippen MR) is 110 cm³/mol. The molecule has 0 amide bonds. The monoisotopic (exact) mass is 381 g/mol. The van der Waals surface area contributed by atoms with E-state index in [1.165, 1.54) is 16.7 Å². The zero-order valence-electron chi connectivity index (χ0n) is 15.5. The van der Waals surface area contributed by atoms with Gasteiger partial charge < -0.3 is 4.74 Å². The van der Waals surface area contributed by atoms with Gasteiger partial charge in [0.25, 0.3) is 0 Å². The van der Waals surface area contributed by atoms with E-state index in [0.717, 1.165) is 18.8 Å². The van der Waals surface area contributed by atoms with Gasteiger partial charge in [-0.3, -0.25) is 4.90 Å². The lowest BCUT2D eigenvalue weighted by Gasteiger charge is -2.30. The van der Waals surface area contributed by atoms with Crippen LogP contribution in [0.3, 0.4) is 0 Å². The summed E-state index contributed by atoms with van der Waals surface area (Å²) in [4.78, 5) is 2.27. The van der Waals surface area contributed by atoms with Crippen LogP contribution >= 0.6 is 24.0 Å². The fraction of sp³-hybridized carbons (Fsp3) is 0.429. The number of hydrogen-bond donors (Lipinski definition) is 0. The Kier molecular flexibility index (Phi) is 9.34. The molecule has 2 aromatic carbocycles. The molecule has 138 valence electrons. The van der Waals surface area contributed by atoms with Crippen molar-refractivity contribution >= 4 is 24.0 Å². The molecule has 0 aromatic heterocycles. The van der Waals surface area contributed by atoms with Crippen LogP contribution < -0.4 is 4.74 Å². The van der Waals surface area contributed by atoms with Crippen molar-refractivity contribution in [2.24, 2.45) is 0 Å². The van der Waals surface area contributed by atoms with Crippen LogP contribution in [0.2, 0.25) is 0 Å². The van der Waals surface area contributed by atoms with E-state index in [1.807, 2.05) is 6.07 Å². The molecule has 2 aromatic rings. The van der Waals surface area contributed by atoms with Crippen LogP contribution in [0.4, 0.5) is 0 Å². The highest BCUT2D eigenvalue weighted by Crippen LogP contribution is 2.29. The van der Waals surface area contributed by atoms with Crippen molar-refractivity contribution in [1.82, 2.24) is 4.90 Å². The van der Waals surface area contributed by atoms with E-state index in [9.17, 15) is 0 Å². The van der Waals surface area contributed by atoms with Gasteiger partial charge in [-0.2, -0.15) is 0 Å². The fourth-order valence-corrected chi connectivity index (χ4v) is 3.01. The highest BCUT2D eigenvalue weighted by atomic mass is 35.5. The second kappa shape index (κ2) is 10.7. The molecule has 2 rings (SSSR count). The Hall–Kier alpha value is -1.22. The second-order valence-electron chi connectivity index (χ2n) is 6.56. The van der Waals surface area contributed by atoms with E-state index < -0.39 is 0 Å². The van der Waals surface area contributed by atoms with Gasteiger partial charge >= 0.3 is 0 Å². The van der Waals surface area contributed by atoms with Crippen molar-refractivity contribution in [3.05, 3.63) is 65.2 Å². The lowest BCUT2D eigenvalue weighted by molar-refractivity contribution is 0.0373. The van der Waals surface area contributed by atoms with E-state index in [2.05, 4.69) is 75.1 Å². The maximum absolute atomic E-state index is 6.34. The first-order valence-corrected chi connectivity index (χ1v) is 9.16. The van der Waals surface area contributed by atoms with Crippen LogP contribution in [0.25, 0.3) is 0 Å². The molecule has 4 heteroatoms. The third kappa shape index (κ3) is 6.54. The smallest absolute Gasteiger partial charge is 0.150 e. The minimum Gasteiger partial charge on any atom is -0.475 e. The molecule has 0 aliphatic heterocycles. The summed E-state index contributed by atoms with van der Waals surface area (Å²) in [6.07, 6.45) is -0.0387. The van der Waals surface area contributed by atoms with Crippen molar-refractivity contribution in [2.45, 2.75) is 46.4 Å². The zero-order valence-corrected chi connectivity index (χ0v) is 17.1. The van der Waals surface area contributed by atoms with Crippen LogP contribution in [0.5, 0.6) is 5.75 Å². The molecule has 25 heavy (non-hydrogen) atoms. The van der Waals surface area contributed by atoms with Gasteiger partial charge in [-0.1, -0.05) is 56.3 Å². The number of ether oxygens (including phenoxy) is 1. The first-order chi connectivity index (χ1) is 11.5. The third-order valence-electron chi connectivity index (χ3n) is 4.20. The molecule has 0 heterocycles. The summed E-state index contributed by atoms with van der Waals surface area (Å²) in [7, 11) is 0. The van der Waals surface area contributed by atoms with E-state index >= 15 is 0 Å². The van der Waals surface area contributed by atoms with E-state index in [1.54, 1.807) is 0 Å². The Bertz CT molecular complexity index is 631. The molecule has 0 radical (unpaired) electrons. The quantitative estimate of drug-likeness (QED) is 0.410.